The van der Waals surface area contributed by atoms with Gasteiger partial charge in [-0.2, -0.15) is 0 Å². The molecule has 0 bridgehead atoms. The van der Waals surface area contributed by atoms with Crippen LogP contribution in [0.4, 0.5) is 13.2 Å². The first-order valence-electron chi connectivity index (χ1n) is 6.14. The summed E-state index contributed by atoms with van der Waals surface area (Å²) in [5.74, 6) is -2.41. The molecule has 1 aromatic carbocycles. The van der Waals surface area contributed by atoms with Gasteiger partial charge in [0.25, 0.3) is 0 Å². The van der Waals surface area contributed by atoms with E-state index in [0.717, 1.165) is 12.3 Å². The van der Waals surface area contributed by atoms with Crippen LogP contribution in [0.5, 0.6) is 0 Å². The van der Waals surface area contributed by atoms with E-state index in [1.165, 1.54) is 6.07 Å². The molecule has 3 nitrogen and oxygen atoms in total. The summed E-state index contributed by atoms with van der Waals surface area (Å²) >= 11 is 9.00. The van der Waals surface area contributed by atoms with Gasteiger partial charge in [0.2, 0.25) is 0 Å². The van der Waals surface area contributed by atoms with Crippen molar-refractivity contribution in [2.24, 2.45) is 5.16 Å². The van der Waals surface area contributed by atoms with E-state index in [1.54, 1.807) is 0 Å². The second-order valence-electron chi connectivity index (χ2n) is 4.60. The Morgan fingerprint density at radius 1 is 1.18 bits per heavy atom. The highest BCUT2D eigenvalue weighted by Crippen LogP contribution is 2.39. The predicted octanol–water partition coefficient (Wildman–Crippen LogP) is 4.99. The highest BCUT2D eigenvalue weighted by atomic mass is 79.9. The molecule has 0 N–H and O–H groups in total. The average molecular weight is 392 g/mol. The number of hydrogen-bond donors (Lipinski definition) is 0. The maximum absolute atomic E-state index is 14.3. The van der Waals surface area contributed by atoms with Gasteiger partial charge in [0.05, 0.1) is 6.20 Å². The van der Waals surface area contributed by atoms with Crippen molar-refractivity contribution >= 4 is 32.2 Å². The Kier molecular flexibility index (Phi) is 4.10. The molecule has 0 aliphatic carbocycles. The second-order valence-corrected chi connectivity index (χ2v) is 5.95. The van der Waals surface area contributed by atoms with Gasteiger partial charge >= 0.3 is 0 Å². The normalized spacial score (nSPS) is 17.3. The number of hydrogen-bond acceptors (Lipinski definition) is 3. The molecule has 1 aromatic heterocycles. The SMILES string of the molecule is Fc1cnc(-c2cc(Cl)cc(F)c2C2CC(Br)=NO2)c(F)c1. The number of nitrogens with zero attached hydrogens (tertiary/aromatic N) is 2. The summed E-state index contributed by atoms with van der Waals surface area (Å²) in [7, 11) is 0. The Balaban J connectivity index is 2.18. The molecule has 114 valence electrons. The Morgan fingerprint density at radius 2 is 1.95 bits per heavy atom. The van der Waals surface area contributed by atoms with E-state index >= 15 is 0 Å². The van der Waals surface area contributed by atoms with E-state index in [-0.39, 0.29) is 28.3 Å². The van der Waals surface area contributed by atoms with Crippen molar-refractivity contribution in [2.45, 2.75) is 12.5 Å². The minimum Gasteiger partial charge on any atom is -0.386 e. The fourth-order valence-electron chi connectivity index (χ4n) is 2.22. The molecule has 8 heteroatoms. The Hall–Kier alpha value is -1.60. The van der Waals surface area contributed by atoms with E-state index in [4.69, 9.17) is 16.4 Å². The van der Waals surface area contributed by atoms with E-state index in [9.17, 15) is 13.2 Å². The zero-order valence-electron chi connectivity index (χ0n) is 10.8. The first-order chi connectivity index (χ1) is 10.5. The fourth-order valence-corrected chi connectivity index (χ4v) is 2.81. The zero-order valence-corrected chi connectivity index (χ0v) is 13.1. The van der Waals surface area contributed by atoms with Gasteiger partial charge in [0.1, 0.15) is 21.9 Å². The van der Waals surface area contributed by atoms with Crippen LogP contribution in [-0.4, -0.2) is 9.60 Å². The fraction of sp³-hybridized carbons (Fsp3) is 0.143. The van der Waals surface area contributed by atoms with Gasteiger partial charge in [-0.25, -0.2) is 13.2 Å². The van der Waals surface area contributed by atoms with Crippen molar-refractivity contribution in [2.75, 3.05) is 0 Å². The summed E-state index contributed by atoms with van der Waals surface area (Å²) in [4.78, 5) is 8.83. The smallest absolute Gasteiger partial charge is 0.162 e. The molecule has 0 saturated heterocycles. The molecule has 0 fully saturated rings. The highest BCUT2D eigenvalue weighted by Gasteiger charge is 2.29. The lowest BCUT2D eigenvalue weighted by molar-refractivity contribution is 0.0834. The minimum atomic E-state index is -0.916. The van der Waals surface area contributed by atoms with Crippen molar-refractivity contribution in [3.63, 3.8) is 0 Å². The topological polar surface area (TPSA) is 34.5 Å². The third-order valence-electron chi connectivity index (χ3n) is 3.11. The molecule has 22 heavy (non-hydrogen) atoms. The van der Waals surface area contributed by atoms with Gasteiger partial charge in [0.15, 0.2) is 11.9 Å². The molecule has 1 atom stereocenters. The van der Waals surface area contributed by atoms with Crippen LogP contribution in [0.15, 0.2) is 29.6 Å². The van der Waals surface area contributed by atoms with Crippen LogP contribution in [0.25, 0.3) is 11.3 Å². The van der Waals surface area contributed by atoms with Gasteiger partial charge < -0.3 is 4.84 Å². The largest absolute Gasteiger partial charge is 0.386 e. The number of pyridine rings is 1. The first-order valence-corrected chi connectivity index (χ1v) is 7.31. The number of aromatic nitrogens is 1. The van der Waals surface area contributed by atoms with Gasteiger partial charge in [0, 0.05) is 28.6 Å². The van der Waals surface area contributed by atoms with E-state index < -0.39 is 23.6 Å². The molecule has 0 amide bonds. The number of halogens is 5. The molecule has 1 aliphatic heterocycles. The summed E-state index contributed by atoms with van der Waals surface area (Å²) in [6, 6.07) is 3.13. The molecule has 0 saturated carbocycles. The van der Waals surface area contributed by atoms with E-state index in [1.807, 2.05) is 0 Å². The van der Waals surface area contributed by atoms with Crippen molar-refractivity contribution in [3.8, 4) is 11.3 Å². The van der Waals surface area contributed by atoms with Gasteiger partial charge in [-0.3, -0.25) is 4.98 Å². The third-order valence-corrected chi connectivity index (χ3v) is 3.80. The lowest BCUT2D eigenvalue weighted by Gasteiger charge is -2.15. The average Bonchev–Trinajstić information content (AvgIpc) is 2.84. The summed E-state index contributed by atoms with van der Waals surface area (Å²) < 4.78 is 41.9. The molecule has 0 radical (unpaired) electrons. The summed E-state index contributed by atoms with van der Waals surface area (Å²) in [6.07, 6.45) is 0.394. The first kappa shape index (κ1) is 15.3. The molecule has 3 rings (SSSR count). The lowest BCUT2D eigenvalue weighted by atomic mass is 9.97. The van der Waals surface area contributed by atoms with Crippen LogP contribution in [0.3, 0.4) is 0 Å². The Morgan fingerprint density at radius 3 is 2.59 bits per heavy atom. The van der Waals surface area contributed by atoms with Crippen molar-refractivity contribution in [1.29, 1.82) is 0 Å². The van der Waals surface area contributed by atoms with Crippen LogP contribution in [0.1, 0.15) is 18.1 Å². The van der Waals surface area contributed by atoms with Gasteiger partial charge in [-0.05, 0) is 28.1 Å². The standard InChI is InChI=1S/C14H7BrClF3N2O/c15-12-4-11(22-21-12)13-8(1-6(16)2-9(13)18)14-10(19)3-7(17)5-20-14/h1-3,5,11H,4H2. The maximum atomic E-state index is 14.3. The van der Waals surface area contributed by atoms with Gasteiger partial charge in [-0.1, -0.05) is 16.8 Å². The number of rotatable bonds is 2. The summed E-state index contributed by atoms with van der Waals surface area (Å²) in [6.45, 7) is 0. The third kappa shape index (κ3) is 2.83. The van der Waals surface area contributed by atoms with Crippen molar-refractivity contribution in [1.82, 2.24) is 4.98 Å². The summed E-state index contributed by atoms with van der Waals surface area (Å²) in [5, 5.41) is 3.76. The van der Waals surface area contributed by atoms with Crippen LogP contribution in [-0.2, 0) is 4.84 Å². The number of benzene rings is 1. The quantitative estimate of drug-likeness (QED) is 0.723. The molecular weight excluding hydrogens is 385 g/mol. The van der Waals surface area contributed by atoms with Crippen molar-refractivity contribution in [3.05, 3.63) is 52.4 Å². The molecule has 2 aromatic rings. The second kappa shape index (κ2) is 5.89. The summed E-state index contributed by atoms with van der Waals surface area (Å²) in [5.41, 5.74) is -0.0325. The molecular formula is C14H7BrClF3N2O. The van der Waals surface area contributed by atoms with Crippen LogP contribution in [0.2, 0.25) is 5.02 Å². The number of oxime groups is 1. The Labute approximate surface area is 136 Å². The highest BCUT2D eigenvalue weighted by molar-refractivity contribution is 9.18. The maximum Gasteiger partial charge on any atom is 0.162 e. The van der Waals surface area contributed by atoms with Crippen LogP contribution in [0, 0.1) is 17.5 Å². The molecule has 1 unspecified atom stereocenters. The lowest BCUT2D eigenvalue weighted by Crippen LogP contribution is -2.05. The molecule has 1 aliphatic rings. The minimum absolute atomic E-state index is 0.0692. The van der Waals surface area contributed by atoms with Crippen LogP contribution < -0.4 is 0 Å². The molecule has 0 spiro atoms. The van der Waals surface area contributed by atoms with E-state index in [2.05, 4.69) is 26.1 Å². The molecule has 2 heterocycles. The zero-order chi connectivity index (χ0) is 15.9. The van der Waals surface area contributed by atoms with Crippen molar-refractivity contribution < 1.29 is 18.0 Å². The van der Waals surface area contributed by atoms with Gasteiger partial charge in [-0.15, -0.1) is 0 Å². The Bertz CT molecular complexity index is 785. The predicted molar refractivity (Wildman–Crippen MR) is 79.4 cm³/mol. The van der Waals surface area contributed by atoms with E-state index in [0.29, 0.717) is 10.7 Å². The monoisotopic (exact) mass is 390 g/mol. The van der Waals surface area contributed by atoms with Crippen LogP contribution >= 0.6 is 27.5 Å².